The van der Waals surface area contributed by atoms with Crippen molar-refractivity contribution in [2.24, 2.45) is 0 Å². The fourth-order valence-electron chi connectivity index (χ4n) is 2.34. The molecule has 20 heavy (non-hydrogen) atoms. The van der Waals surface area contributed by atoms with Crippen LogP contribution < -0.4 is 10.1 Å². The summed E-state index contributed by atoms with van der Waals surface area (Å²) in [5.41, 5.74) is 5.20. The predicted molar refractivity (Wildman–Crippen MR) is 85.7 cm³/mol. The molecule has 2 aromatic rings. The number of hydrogen-bond acceptors (Lipinski definition) is 2. The molecule has 1 unspecified atom stereocenters. The quantitative estimate of drug-likeness (QED) is 0.871. The fraction of sp³-hybridized carbons (Fsp3) is 0.333. The predicted octanol–water partition coefficient (Wildman–Crippen LogP) is 4.36. The largest absolute Gasteiger partial charge is 0.497 e. The Morgan fingerprint density at radius 1 is 1.05 bits per heavy atom. The minimum Gasteiger partial charge on any atom is -0.497 e. The molecular formula is C18H23NO. The third kappa shape index (κ3) is 3.53. The third-order valence-corrected chi connectivity index (χ3v) is 3.71. The van der Waals surface area contributed by atoms with Crippen molar-refractivity contribution in [2.75, 3.05) is 12.4 Å². The Morgan fingerprint density at radius 2 is 1.75 bits per heavy atom. The first-order valence-corrected chi connectivity index (χ1v) is 7.06. The summed E-state index contributed by atoms with van der Waals surface area (Å²) in [6.45, 7) is 6.53. The molecule has 0 fully saturated rings. The summed E-state index contributed by atoms with van der Waals surface area (Å²) in [7, 11) is 1.69. The van der Waals surface area contributed by atoms with Crippen molar-refractivity contribution in [1.82, 2.24) is 0 Å². The molecule has 0 spiro atoms. The molecule has 1 N–H and O–H groups in total. The van der Waals surface area contributed by atoms with E-state index in [1.54, 1.807) is 7.11 Å². The summed E-state index contributed by atoms with van der Waals surface area (Å²) in [5.74, 6) is 0.906. The molecule has 0 amide bonds. The van der Waals surface area contributed by atoms with E-state index < -0.39 is 0 Å². The van der Waals surface area contributed by atoms with Gasteiger partial charge in [0.25, 0.3) is 0 Å². The van der Waals surface area contributed by atoms with Crippen molar-refractivity contribution in [3.63, 3.8) is 0 Å². The second kappa shape index (κ2) is 6.47. The lowest BCUT2D eigenvalue weighted by Crippen LogP contribution is -2.18. The van der Waals surface area contributed by atoms with Gasteiger partial charge in [0.15, 0.2) is 0 Å². The van der Waals surface area contributed by atoms with E-state index in [2.05, 4.69) is 56.4 Å². The Labute approximate surface area is 121 Å². The second-order valence-corrected chi connectivity index (χ2v) is 5.35. The maximum atomic E-state index is 5.18. The van der Waals surface area contributed by atoms with Crippen molar-refractivity contribution in [1.29, 1.82) is 0 Å². The number of ether oxygens (including phenoxy) is 1. The van der Waals surface area contributed by atoms with Gasteiger partial charge in [0.05, 0.1) is 7.11 Å². The number of nitrogens with one attached hydrogen (secondary N) is 1. The third-order valence-electron chi connectivity index (χ3n) is 3.71. The Hall–Kier alpha value is -1.96. The maximum absolute atomic E-state index is 5.18. The van der Waals surface area contributed by atoms with Gasteiger partial charge in [0.1, 0.15) is 5.75 Å². The normalized spacial score (nSPS) is 12.0. The van der Waals surface area contributed by atoms with Crippen molar-refractivity contribution < 1.29 is 4.74 Å². The highest BCUT2D eigenvalue weighted by Gasteiger charge is 2.06. The molecular weight excluding hydrogens is 246 g/mol. The van der Waals surface area contributed by atoms with Gasteiger partial charge in [-0.15, -0.1) is 0 Å². The number of aryl methyl sites for hydroxylation is 1. The van der Waals surface area contributed by atoms with Crippen molar-refractivity contribution >= 4 is 5.69 Å². The van der Waals surface area contributed by atoms with Gasteiger partial charge in [0.2, 0.25) is 0 Å². The summed E-state index contributed by atoms with van der Waals surface area (Å²) < 4.78 is 5.18. The monoisotopic (exact) mass is 269 g/mol. The van der Waals surface area contributed by atoms with Crippen LogP contribution in [-0.2, 0) is 6.42 Å². The highest BCUT2D eigenvalue weighted by Crippen LogP contribution is 2.20. The van der Waals surface area contributed by atoms with Crippen LogP contribution in [0.25, 0.3) is 0 Å². The highest BCUT2D eigenvalue weighted by molar-refractivity contribution is 5.54. The summed E-state index contributed by atoms with van der Waals surface area (Å²) in [6.07, 6.45) is 0.997. The maximum Gasteiger partial charge on any atom is 0.118 e. The molecule has 0 saturated heterocycles. The van der Waals surface area contributed by atoms with E-state index in [4.69, 9.17) is 4.74 Å². The minimum atomic E-state index is 0.392. The first-order chi connectivity index (χ1) is 9.60. The summed E-state index contributed by atoms with van der Waals surface area (Å²) in [5, 5.41) is 3.60. The Kier molecular flexibility index (Phi) is 4.67. The molecule has 2 nitrogen and oxygen atoms in total. The molecule has 0 radical (unpaired) electrons. The van der Waals surface area contributed by atoms with Crippen molar-refractivity contribution in [3.05, 3.63) is 59.2 Å². The van der Waals surface area contributed by atoms with E-state index in [9.17, 15) is 0 Å². The summed E-state index contributed by atoms with van der Waals surface area (Å²) >= 11 is 0. The summed E-state index contributed by atoms with van der Waals surface area (Å²) in [6, 6.07) is 15.1. The fourth-order valence-corrected chi connectivity index (χ4v) is 2.34. The van der Waals surface area contributed by atoms with Crippen LogP contribution in [0.15, 0.2) is 42.5 Å². The van der Waals surface area contributed by atoms with Crippen LogP contribution in [-0.4, -0.2) is 13.2 Å². The number of anilines is 1. The zero-order chi connectivity index (χ0) is 14.5. The molecule has 0 aromatic heterocycles. The molecule has 0 bridgehead atoms. The summed E-state index contributed by atoms with van der Waals surface area (Å²) in [4.78, 5) is 0. The number of methoxy groups -OCH3 is 1. The molecule has 0 saturated carbocycles. The average Bonchev–Trinajstić information content (AvgIpc) is 2.45. The molecule has 0 aliphatic rings. The number of hydrogen-bond donors (Lipinski definition) is 1. The lowest BCUT2D eigenvalue weighted by atomic mass is 10.0. The van der Waals surface area contributed by atoms with Crippen molar-refractivity contribution in [2.45, 2.75) is 33.2 Å². The second-order valence-electron chi connectivity index (χ2n) is 5.35. The molecule has 0 aliphatic carbocycles. The van der Waals surface area contributed by atoms with Crippen LogP contribution in [0.4, 0.5) is 5.69 Å². The van der Waals surface area contributed by atoms with Crippen molar-refractivity contribution in [3.8, 4) is 5.75 Å². The van der Waals surface area contributed by atoms with Gasteiger partial charge < -0.3 is 10.1 Å². The zero-order valence-corrected chi connectivity index (χ0v) is 12.7. The number of benzene rings is 2. The van der Waals surface area contributed by atoms with Gasteiger partial charge in [-0.2, -0.15) is 0 Å². The highest BCUT2D eigenvalue weighted by atomic mass is 16.5. The van der Waals surface area contributed by atoms with E-state index in [0.29, 0.717) is 6.04 Å². The smallest absolute Gasteiger partial charge is 0.118 e. The van der Waals surface area contributed by atoms with Gasteiger partial charge >= 0.3 is 0 Å². The van der Waals surface area contributed by atoms with Gasteiger partial charge in [-0.3, -0.25) is 0 Å². The van der Waals surface area contributed by atoms with E-state index >= 15 is 0 Å². The molecule has 2 aromatic carbocycles. The first kappa shape index (κ1) is 14.4. The van der Waals surface area contributed by atoms with Crippen LogP contribution in [0, 0.1) is 13.8 Å². The Balaban J connectivity index is 2.01. The molecule has 2 rings (SSSR count). The molecule has 2 heteroatoms. The van der Waals surface area contributed by atoms with E-state index in [1.807, 2.05) is 12.1 Å². The van der Waals surface area contributed by atoms with E-state index in [1.165, 1.54) is 22.4 Å². The lowest BCUT2D eigenvalue weighted by Gasteiger charge is -2.18. The van der Waals surface area contributed by atoms with Gasteiger partial charge in [-0.25, -0.2) is 0 Å². The van der Waals surface area contributed by atoms with Crippen LogP contribution in [0.3, 0.4) is 0 Å². The lowest BCUT2D eigenvalue weighted by molar-refractivity contribution is 0.414. The molecule has 1 atom stereocenters. The Morgan fingerprint density at radius 3 is 2.40 bits per heavy atom. The van der Waals surface area contributed by atoms with E-state index in [-0.39, 0.29) is 0 Å². The molecule has 0 heterocycles. The van der Waals surface area contributed by atoms with Crippen LogP contribution in [0.5, 0.6) is 5.75 Å². The SMILES string of the molecule is COc1ccc(CC(C)Nc2cccc(C)c2C)cc1. The van der Waals surface area contributed by atoms with Gasteiger partial charge in [0, 0.05) is 11.7 Å². The minimum absolute atomic E-state index is 0.392. The van der Waals surface area contributed by atoms with Crippen LogP contribution >= 0.6 is 0 Å². The Bertz CT molecular complexity index is 560. The van der Waals surface area contributed by atoms with Crippen LogP contribution in [0.1, 0.15) is 23.6 Å². The van der Waals surface area contributed by atoms with Gasteiger partial charge in [-0.1, -0.05) is 24.3 Å². The molecule has 106 valence electrons. The standard InChI is InChI=1S/C18H23NO/c1-13-6-5-7-18(15(13)3)19-14(2)12-16-8-10-17(20-4)11-9-16/h5-11,14,19H,12H2,1-4H3. The number of rotatable bonds is 5. The van der Waals surface area contributed by atoms with E-state index in [0.717, 1.165) is 12.2 Å². The van der Waals surface area contributed by atoms with Gasteiger partial charge in [-0.05, 0) is 62.1 Å². The molecule has 0 aliphatic heterocycles. The first-order valence-electron chi connectivity index (χ1n) is 7.06. The van der Waals surface area contributed by atoms with Crippen LogP contribution in [0.2, 0.25) is 0 Å². The average molecular weight is 269 g/mol. The topological polar surface area (TPSA) is 21.3 Å². The zero-order valence-electron chi connectivity index (χ0n) is 12.7.